The van der Waals surface area contributed by atoms with Crippen molar-refractivity contribution in [2.24, 2.45) is 5.92 Å². The largest absolute Gasteiger partial charge is 0.356 e. The molecule has 1 aromatic rings. The lowest BCUT2D eigenvalue weighted by Crippen LogP contribution is -2.29. The van der Waals surface area contributed by atoms with E-state index in [0.717, 1.165) is 44.8 Å². The van der Waals surface area contributed by atoms with Crippen molar-refractivity contribution in [2.45, 2.75) is 58.3 Å². The maximum Gasteiger partial charge on any atom is 0.220 e. The molecule has 1 saturated heterocycles. The van der Waals surface area contributed by atoms with Crippen molar-refractivity contribution >= 4 is 5.91 Å². The highest BCUT2D eigenvalue weighted by atomic mass is 16.1. The number of rotatable bonds is 8. The molecule has 1 aliphatic heterocycles. The fourth-order valence-electron chi connectivity index (χ4n) is 3.18. The molecule has 128 valence electrons. The Bertz CT molecular complexity index is 461. The van der Waals surface area contributed by atoms with Gasteiger partial charge in [-0.3, -0.25) is 4.79 Å². The van der Waals surface area contributed by atoms with Crippen molar-refractivity contribution in [3.8, 4) is 0 Å². The summed E-state index contributed by atoms with van der Waals surface area (Å²) in [5.74, 6) is 1.54. The molecule has 1 aliphatic rings. The SMILES string of the molecule is CC(C)c1ccc(CCCNC(=O)CCC2CCNCC2)cc1. The Balaban J connectivity index is 1.56. The van der Waals surface area contributed by atoms with Crippen molar-refractivity contribution in [1.82, 2.24) is 10.6 Å². The van der Waals surface area contributed by atoms with E-state index in [1.54, 1.807) is 0 Å². The average molecular weight is 316 g/mol. The molecule has 3 nitrogen and oxygen atoms in total. The van der Waals surface area contributed by atoms with Crippen LogP contribution in [-0.2, 0) is 11.2 Å². The number of piperidine rings is 1. The van der Waals surface area contributed by atoms with Crippen LogP contribution in [0.15, 0.2) is 24.3 Å². The molecule has 3 heteroatoms. The summed E-state index contributed by atoms with van der Waals surface area (Å²) in [6.07, 6.45) is 6.23. The zero-order valence-corrected chi connectivity index (χ0v) is 14.7. The van der Waals surface area contributed by atoms with Gasteiger partial charge >= 0.3 is 0 Å². The van der Waals surface area contributed by atoms with Crippen LogP contribution in [0.3, 0.4) is 0 Å². The molecule has 0 saturated carbocycles. The fourth-order valence-corrected chi connectivity index (χ4v) is 3.18. The van der Waals surface area contributed by atoms with Gasteiger partial charge in [0.05, 0.1) is 0 Å². The van der Waals surface area contributed by atoms with E-state index in [1.165, 1.54) is 24.0 Å². The van der Waals surface area contributed by atoms with E-state index in [9.17, 15) is 4.79 Å². The summed E-state index contributed by atoms with van der Waals surface area (Å²) < 4.78 is 0. The van der Waals surface area contributed by atoms with Crippen LogP contribution in [0.25, 0.3) is 0 Å². The van der Waals surface area contributed by atoms with Gasteiger partial charge in [-0.15, -0.1) is 0 Å². The minimum Gasteiger partial charge on any atom is -0.356 e. The van der Waals surface area contributed by atoms with Crippen LogP contribution < -0.4 is 10.6 Å². The van der Waals surface area contributed by atoms with Gasteiger partial charge in [-0.1, -0.05) is 38.1 Å². The van der Waals surface area contributed by atoms with Gasteiger partial charge in [0.25, 0.3) is 0 Å². The first-order chi connectivity index (χ1) is 11.1. The molecule has 0 aliphatic carbocycles. The Kier molecular flexibility index (Phi) is 7.60. The van der Waals surface area contributed by atoms with Crippen LogP contribution in [0.1, 0.15) is 63.0 Å². The van der Waals surface area contributed by atoms with Gasteiger partial charge in [0.15, 0.2) is 0 Å². The van der Waals surface area contributed by atoms with Crippen LogP contribution >= 0.6 is 0 Å². The van der Waals surface area contributed by atoms with E-state index in [4.69, 9.17) is 0 Å². The third-order valence-electron chi connectivity index (χ3n) is 4.85. The van der Waals surface area contributed by atoms with Gasteiger partial charge < -0.3 is 10.6 Å². The summed E-state index contributed by atoms with van der Waals surface area (Å²) in [6, 6.07) is 8.87. The molecule has 23 heavy (non-hydrogen) atoms. The highest BCUT2D eigenvalue weighted by molar-refractivity contribution is 5.75. The molecule has 0 radical (unpaired) electrons. The van der Waals surface area contributed by atoms with Crippen molar-refractivity contribution in [2.75, 3.05) is 19.6 Å². The standard InChI is InChI=1S/C20H32N2O/c1-16(2)19-8-5-17(6-9-19)4-3-13-22-20(23)10-7-18-11-14-21-15-12-18/h5-6,8-9,16,18,21H,3-4,7,10-15H2,1-2H3,(H,22,23). The fraction of sp³-hybridized carbons (Fsp3) is 0.650. The highest BCUT2D eigenvalue weighted by Crippen LogP contribution is 2.17. The lowest BCUT2D eigenvalue weighted by atomic mass is 9.93. The zero-order valence-electron chi connectivity index (χ0n) is 14.7. The van der Waals surface area contributed by atoms with Crippen LogP contribution in [0.2, 0.25) is 0 Å². The van der Waals surface area contributed by atoms with E-state index >= 15 is 0 Å². The highest BCUT2D eigenvalue weighted by Gasteiger charge is 2.14. The van der Waals surface area contributed by atoms with Gasteiger partial charge in [-0.05, 0) is 68.2 Å². The predicted octanol–water partition coefficient (Wildman–Crippen LogP) is 3.64. The molecule has 0 atom stereocenters. The van der Waals surface area contributed by atoms with Crippen molar-refractivity contribution in [3.63, 3.8) is 0 Å². The molecule has 0 unspecified atom stereocenters. The molecule has 0 spiro atoms. The van der Waals surface area contributed by atoms with Crippen molar-refractivity contribution < 1.29 is 4.79 Å². The van der Waals surface area contributed by atoms with Gasteiger partial charge in [-0.2, -0.15) is 0 Å². The third-order valence-corrected chi connectivity index (χ3v) is 4.85. The van der Waals surface area contributed by atoms with Crippen LogP contribution in [-0.4, -0.2) is 25.5 Å². The first-order valence-corrected chi connectivity index (χ1v) is 9.21. The average Bonchev–Trinajstić information content (AvgIpc) is 2.58. The predicted molar refractivity (Wildman–Crippen MR) is 96.7 cm³/mol. The number of hydrogen-bond donors (Lipinski definition) is 2. The lowest BCUT2D eigenvalue weighted by Gasteiger charge is -2.22. The second kappa shape index (κ2) is 9.71. The Labute approximate surface area is 141 Å². The summed E-state index contributed by atoms with van der Waals surface area (Å²) in [4.78, 5) is 11.9. The van der Waals surface area contributed by atoms with E-state index in [0.29, 0.717) is 12.3 Å². The second-order valence-electron chi connectivity index (χ2n) is 7.08. The molecule has 1 fully saturated rings. The quantitative estimate of drug-likeness (QED) is 0.719. The smallest absolute Gasteiger partial charge is 0.220 e. The minimum absolute atomic E-state index is 0.221. The molecule has 2 N–H and O–H groups in total. The number of benzene rings is 1. The van der Waals surface area contributed by atoms with E-state index < -0.39 is 0 Å². The van der Waals surface area contributed by atoms with Gasteiger partial charge in [0.2, 0.25) is 5.91 Å². The second-order valence-corrected chi connectivity index (χ2v) is 7.08. The molecule has 1 aromatic carbocycles. The molecular weight excluding hydrogens is 284 g/mol. The first-order valence-electron chi connectivity index (χ1n) is 9.21. The van der Waals surface area contributed by atoms with E-state index in [1.807, 2.05) is 0 Å². The first kappa shape index (κ1) is 18.0. The number of carbonyl (C=O) groups is 1. The normalized spacial score (nSPS) is 15.8. The van der Waals surface area contributed by atoms with E-state index in [-0.39, 0.29) is 5.91 Å². The summed E-state index contributed by atoms with van der Waals surface area (Å²) in [5, 5.41) is 6.44. The summed E-state index contributed by atoms with van der Waals surface area (Å²) in [6.45, 7) is 7.45. The number of nitrogens with one attached hydrogen (secondary N) is 2. The molecule has 0 bridgehead atoms. The molecule has 2 rings (SSSR count). The summed E-state index contributed by atoms with van der Waals surface area (Å²) in [7, 11) is 0. The Morgan fingerprint density at radius 2 is 1.91 bits per heavy atom. The monoisotopic (exact) mass is 316 g/mol. The zero-order chi connectivity index (χ0) is 16.5. The summed E-state index contributed by atoms with van der Waals surface area (Å²) >= 11 is 0. The summed E-state index contributed by atoms with van der Waals surface area (Å²) in [5.41, 5.74) is 2.75. The topological polar surface area (TPSA) is 41.1 Å². The molecular formula is C20H32N2O. The Morgan fingerprint density at radius 1 is 1.22 bits per heavy atom. The van der Waals surface area contributed by atoms with Crippen LogP contribution in [0.4, 0.5) is 0 Å². The van der Waals surface area contributed by atoms with Gasteiger partial charge in [-0.25, -0.2) is 0 Å². The van der Waals surface area contributed by atoms with Crippen LogP contribution in [0, 0.1) is 5.92 Å². The number of amides is 1. The number of carbonyl (C=O) groups excluding carboxylic acids is 1. The maximum absolute atomic E-state index is 11.9. The lowest BCUT2D eigenvalue weighted by molar-refractivity contribution is -0.121. The maximum atomic E-state index is 11.9. The molecule has 1 heterocycles. The number of hydrogen-bond acceptors (Lipinski definition) is 2. The number of aryl methyl sites for hydroxylation is 1. The molecule has 0 aromatic heterocycles. The van der Waals surface area contributed by atoms with E-state index in [2.05, 4.69) is 48.7 Å². The molecule has 1 amide bonds. The Hall–Kier alpha value is -1.35. The van der Waals surface area contributed by atoms with Gasteiger partial charge in [0.1, 0.15) is 0 Å². The van der Waals surface area contributed by atoms with Gasteiger partial charge in [0, 0.05) is 13.0 Å². The minimum atomic E-state index is 0.221. The third kappa shape index (κ3) is 6.74. The van der Waals surface area contributed by atoms with Crippen molar-refractivity contribution in [3.05, 3.63) is 35.4 Å². The van der Waals surface area contributed by atoms with Crippen molar-refractivity contribution in [1.29, 1.82) is 0 Å². The Morgan fingerprint density at radius 3 is 2.57 bits per heavy atom. The van der Waals surface area contributed by atoms with Crippen LogP contribution in [0.5, 0.6) is 0 Å².